The standard InChI is InChI=1S/C20H24N2O2S/c1-22(2)19-12-17-16(11-18(19)21)14-5-3-4-6-15(14)20(17)13-7-9-25(23,24)10-8-13/h3-6,11-13,20H,7-10,21H2,1-2H3. The number of anilines is 2. The summed E-state index contributed by atoms with van der Waals surface area (Å²) in [7, 11) is 1.15. The number of hydrogen-bond acceptors (Lipinski definition) is 4. The number of rotatable bonds is 2. The highest BCUT2D eigenvalue weighted by Crippen LogP contribution is 2.52. The Balaban J connectivity index is 1.84. The Morgan fingerprint density at radius 1 is 1.00 bits per heavy atom. The van der Waals surface area contributed by atoms with Crippen LogP contribution in [-0.2, 0) is 9.84 Å². The van der Waals surface area contributed by atoms with Gasteiger partial charge < -0.3 is 10.6 Å². The van der Waals surface area contributed by atoms with Gasteiger partial charge in [-0.3, -0.25) is 0 Å². The average molecular weight is 356 g/mol. The SMILES string of the molecule is CN(C)c1cc2c(cc1N)-c1ccccc1C2C1CCS(=O)(=O)CC1. The van der Waals surface area contributed by atoms with Gasteiger partial charge in [0.05, 0.1) is 22.9 Å². The van der Waals surface area contributed by atoms with E-state index in [4.69, 9.17) is 5.73 Å². The predicted molar refractivity (Wildman–Crippen MR) is 104 cm³/mol. The Bertz CT molecular complexity index is 921. The predicted octanol–water partition coefficient (Wildman–Crippen LogP) is 3.27. The van der Waals surface area contributed by atoms with Crippen LogP contribution in [0.5, 0.6) is 0 Å². The van der Waals surface area contributed by atoms with Gasteiger partial charge >= 0.3 is 0 Å². The highest BCUT2D eigenvalue weighted by atomic mass is 32.2. The molecule has 1 heterocycles. The van der Waals surface area contributed by atoms with E-state index in [-0.39, 0.29) is 5.92 Å². The molecule has 25 heavy (non-hydrogen) atoms. The lowest BCUT2D eigenvalue weighted by Gasteiger charge is -2.29. The van der Waals surface area contributed by atoms with Crippen LogP contribution in [0.3, 0.4) is 0 Å². The Morgan fingerprint density at radius 3 is 2.36 bits per heavy atom. The van der Waals surface area contributed by atoms with Crippen LogP contribution in [0.2, 0.25) is 0 Å². The third-order valence-electron chi connectivity index (χ3n) is 5.67. The first kappa shape index (κ1) is 16.5. The van der Waals surface area contributed by atoms with Crippen molar-refractivity contribution in [2.24, 2.45) is 5.92 Å². The van der Waals surface area contributed by atoms with E-state index in [0.29, 0.717) is 17.4 Å². The maximum absolute atomic E-state index is 11.9. The van der Waals surface area contributed by atoms with Crippen molar-refractivity contribution in [2.75, 3.05) is 36.2 Å². The molecule has 2 aromatic carbocycles. The Hall–Kier alpha value is -2.01. The smallest absolute Gasteiger partial charge is 0.150 e. The minimum atomic E-state index is -2.86. The van der Waals surface area contributed by atoms with E-state index in [1.807, 2.05) is 19.0 Å². The molecule has 2 N–H and O–H groups in total. The molecule has 0 amide bonds. The molecule has 0 bridgehead atoms. The minimum Gasteiger partial charge on any atom is -0.397 e. The van der Waals surface area contributed by atoms with E-state index in [1.165, 1.54) is 22.3 Å². The van der Waals surface area contributed by atoms with Gasteiger partial charge in [-0.05, 0) is 53.1 Å². The molecular weight excluding hydrogens is 332 g/mol. The van der Waals surface area contributed by atoms with E-state index in [1.54, 1.807) is 0 Å². The van der Waals surface area contributed by atoms with Gasteiger partial charge in [-0.2, -0.15) is 0 Å². The summed E-state index contributed by atoms with van der Waals surface area (Å²) in [6.07, 6.45) is 1.48. The zero-order chi connectivity index (χ0) is 17.8. The van der Waals surface area contributed by atoms with Gasteiger partial charge in [0, 0.05) is 20.0 Å². The van der Waals surface area contributed by atoms with Gasteiger partial charge in [0.25, 0.3) is 0 Å². The second-order valence-corrected chi connectivity index (χ2v) is 9.75. The fourth-order valence-corrected chi connectivity index (χ4v) is 5.96. The van der Waals surface area contributed by atoms with Crippen LogP contribution in [0.15, 0.2) is 36.4 Å². The molecule has 0 radical (unpaired) electrons. The summed E-state index contributed by atoms with van der Waals surface area (Å²) in [6, 6.07) is 12.8. The number of sulfone groups is 1. The highest BCUT2D eigenvalue weighted by Gasteiger charge is 2.37. The van der Waals surface area contributed by atoms with Gasteiger partial charge in [0.2, 0.25) is 0 Å². The van der Waals surface area contributed by atoms with Gasteiger partial charge in [0.15, 0.2) is 0 Å². The molecule has 1 saturated heterocycles. The van der Waals surface area contributed by atoms with E-state index in [2.05, 4.69) is 36.4 Å². The second-order valence-electron chi connectivity index (χ2n) is 7.45. The monoisotopic (exact) mass is 356 g/mol. The second kappa shape index (κ2) is 5.77. The number of fused-ring (bicyclic) bond motifs is 3. The molecule has 4 rings (SSSR count). The number of benzene rings is 2. The van der Waals surface area contributed by atoms with Crippen molar-refractivity contribution in [1.82, 2.24) is 0 Å². The first-order valence-electron chi connectivity index (χ1n) is 8.78. The van der Waals surface area contributed by atoms with Crippen LogP contribution in [0.1, 0.15) is 29.9 Å². The van der Waals surface area contributed by atoms with Gasteiger partial charge in [0.1, 0.15) is 9.84 Å². The summed E-state index contributed by atoms with van der Waals surface area (Å²) in [4.78, 5) is 2.04. The molecular formula is C20H24N2O2S. The van der Waals surface area contributed by atoms with Crippen molar-refractivity contribution in [2.45, 2.75) is 18.8 Å². The Kier molecular flexibility index (Phi) is 3.80. The zero-order valence-corrected chi connectivity index (χ0v) is 15.5. The molecule has 1 fully saturated rings. The van der Waals surface area contributed by atoms with Crippen LogP contribution >= 0.6 is 0 Å². The van der Waals surface area contributed by atoms with Crippen LogP contribution in [0, 0.1) is 5.92 Å². The van der Waals surface area contributed by atoms with E-state index < -0.39 is 9.84 Å². The molecule has 5 heteroatoms. The molecule has 132 valence electrons. The number of hydrogen-bond donors (Lipinski definition) is 1. The van der Waals surface area contributed by atoms with E-state index in [9.17, 15) is 8.42 Å². The van der Waals surface area contributed by atoms with Crippen molar-refractivity contribution in [1.29, 1.82) is 0 Å². The fraction of sp³-hybridized carbons (Fsp3) is 0.400. The summed E-state index contributed by atoms with van der Waals surface area (Å²) in [5, 5.41) is 0. The van der Waals surface area contributed by atoms with Crippen LogP contribution in [-0.4, -0.2) is 34.0 Å². The topological polar surface area (TPSA) is 63.4 Å². The summed E-state index contributed by atoms with van der Waals surface area (Å²) >= 11 is 0. The molecule has 0 aromatic heterocycles. The molecule has 0 saturated carbocycles. The minimum absolute atomic E-state index is 0.265. The number of nitrogens with two attached hydrogens (primary N) is 1. The quantitative estimate of drug-likeness (QED) is 0.839. The fourth-order valence-electron chi connectivity index (χ4n) is 4.43. The molecule has 0 spiro atoms. The number of nitrogens with zero attached hydrogens (tertiary/aromatic N) is 1. The Morgan fingerprint density at radius 2 is 1.68 bits per heavy atom. The normalized spacial score (nSPS) is 21.6. The van der Waals surface area contributed by atoms with Gasteiger partial charge in [-0.15, -0.1) is 0 Å². The lowest BCUT2D eigenvalue weighted by Crippen LogP contribution is -2.27. The zero-order valence-electron chi connectivity index (χ0n) is 14.7. The van der Waals surface area contributed by atoms with Crippen LogP contribution in [0.25, 0.3) is 11.1 Å². The van der Waals surface area contributed by atoms with E-state index in [0.717, 1.165) is 24.2 Å². The van der Waals surface area contributed by atoms with Crippen LogP contribution < -0.4 is 10.6 Å². The molecule has 4 nitrogen and oxygen atoms in total. The highest BCUT2D eigenvalue weighted by molar-refractivity contribution is 7.91. The molecule has 1 unspecified atom stereocenters. The van der Waals surface area contributed by atoms with Gasteiger partial charge in [-0.25, -0.2) is 8.42 Å². The molecule has 1 atom stereocenters. The Labute approximate surface area is 149 Å². The maximum Gasteiger partial charge on any atom is 0.150 e. The molecule has 2 aromatic rings. The first-order chi connectivity index (χ1) is 11.9. The first-order valence-corrected chi connectivity index (χ1v) is 10.6. The third-order valence-corrected chi connectivity index (χ3v) is 7.39. The summed E-state index contributed by atoms with van der Waals surface area (Å²) in [6.45, 7) is 0. The molecule has 1 aliphatic carbocycles. The van der Waals surface area contributed by atoms with Crippen molar-refractivity contribution in [3.63, 3.8) is 0 Å². The van der Waals surface area contributed by atoms with Gasteiger partial charge in [-0.1, -0.05) is 24.3 Å². The average Bonchev–Trinajstić information content (AvgIpc) is 2.88. The number of nitrogen functional groups attached to an aromatic ring is 1. The van der Waals surface area contributed by atoms with Crippen molar-refractivity contribution in [3.8, 4) is 11.1 Å². The van der Waals surface area contributed by atoms with Crippen LogP contribution in [0.4, 0.5) is 11.4 Å². The summed E-state index contributed by atoms with van der Waals surface area (Å²) in [5.41, 5.74) is 13.2. The third kappa shape index (κ3) is 2.71. The lowest BCUT2D eigenvalue weighted by molar-refractivity contribution is 0.425. The van der Waals surface area contributed by atoms with Crippen molar-refractivity contribution in [3.05, 3.63) is 47.5 Å². The largest absolute Gasteiger partial charge is 0.397 e. The summed E-state index contributed by atoms with van der Waals surface area (Å²) < 4.78 is 23.7. The maximum atomic E-state index is 11.9. The lowest BCUT2D eigenvalue weighted by atomic mass is 9.80. The molecule has 1 aliphatic heterocycles. The van der Waals surface area contributed by atoms with E-state index >= 15 is 0 Å². The van der Waals surface area contributed by atoms with Crippen molar-refractivity contribution < 1.29 is 8.42 Å². The summed E-state index contributed by atoms with van der Waals surface area (Å²) in [5.74, 6) is 1.24. The van der Waals surface area contributed by atoms with Crippen molar-refractivity contribution >= 4 is 21.2 Å². The molecule has 2 aliphatic rings.